The highest BCUT2D eigenvalue weighted by atomic mass is 19.4. The van der Waals surface area contributed by atoms with Gasteiger partial charge < -0.3 is 19.5 Å². The summed E-state index contributed by atoms with van der Waals surface area (Å²) in [4.78, 5) is 28.4. The Balaban J connectivity index is 2.15. The van der Waals surface area contributed by atoms with Crippen LogP contribution >= 0.6 is 0 Å². The summed E-state index contributed by atoms with van der Waals surface area (Å²) in [5, 5.41) is -0.732. The van der Waals surface area contributed by atoms with Gasteiger partial charge in [0.25, 0.3) is 5.91 Å². The van der Waals surface area contributed by atoms with E-state index in [4.69, 9.17) is 28.3 Å². The first-order valence-corrected chi connectivity index (χ1v) is 10.7. The lowest BCUT2D eigenvalue weighted by Gasteiger charge is -2.26. The Morgan fingerprint density at radius 3 is 2.05 bits per heavy atom. The summed E-state index contributed by atoms with van der Waals surface area (Å²) in [5.74, 6) is -9.90. The molecule has 1 aromatic heterocycles. The van der Waals surface area contributed by atoms with Gasteiger partial charge in [-0.1, -0.05) is 5.11 Å². The zero-order valence-electron chi connectivity index (χ0n) is 20.3. The van der Waals surface area contributed by atoms with Crippen molar-refractivity contribution in [1.82, 2.24) is 4.98 Å². The van der Waals surface area contributed by atoms with E-state index in [1.54, 1.807) is 0 Å². The van der Waals surface area contributed by atoms with Gasteiger partial charge in [0.1, 0.15) is 22.8 Å². The third-order valence-electron chi connectivity index (χ3n) is 5.00. The summed E-state index contributed by atoms with van der Waals surface area (Å²) in [6, 6.07) is 3.67. The number of alkyl halides is 6. The number of hydrogen-bond donors (Lipinski definition) is 1. The molecule has 18 heteroatoms. The fourth-order valence-electron chi connectivity index (χ4n) is 3.34. The van der Waals surface area contributed by atoms with E-state index in [0.29, 0.717) is 18.2 Å². The number of pyridine rings is 1. The van der Waals surface area contributed by atoms with E-state index in [-0.39, 0.29) is 17.4 Å². The molecule has 0 aliphatic carbocycles. The molecule has 3 aromatic rings. The number of ether oxygens (including phenoxy) is 3. The van der Waals surface area contributed by atoms with Crippen LogP contribution in [0.5, 0.6) is 17.2 Å². The number of carbonyl (C=O) groups excluding carboxylic acids is 2. The van der Waals surface area contributed by atoms with Gasteiger partial charge in [-0.25, -0.2) is 18.6 Å². The third kappa shape index (κ3) is 7.29. The molecule has 208 valence electrons. The number of nitrogens with one attached hydrogen (secondary N) is 1. The lowest BCUT2D eigenvalue weighted by molar-refractivity contribution is -0.275. The van der Waals surface area contributed by atoms with Gasteiger partial charge >= 0.3 is 18.5 Å². The highest BCUT2D eigenvalue weighted by Crippen LogP contribution is 2.41. The summed E-state index contributed by atoms with van der Waals surface area (Å²) < 4.78 is 122. The number of anilines is 1. The van der Waals surface area contributed by atoms with Gasteiger partial charge in [0.05, 0.1) is 36.2 Å². The highest BCUT2D eigenvalue weighted by molar-refractivity contribution is 6.59. The van der Waals surface area contributed by atoms with Gasteiger partial charge in [-0.05, 0) is 36.4 Å². The zero-order chi connectivity index (χ0) is 30.9. The number of amides is 1. The van der Waals surface area contributed by atoms with Crippen molar-refractivity contribution in [2.24, 2.45) is 0 Å². The van der Waals surface area contributed by atoms with E-state index in [1.807, 2.05) is 5.32 Å². The molecule has 0 unspecified atom stereocenters. The van der Waals surface area contributed by atoms with Crippen molar-refractivity contribution < 1.29 is 58.9 Å². The van der Waals surface area contributed by atoms with Crippen molar-refractivity contribution in [3.8, 4) is 17.2 Å². The Hall–Kier alpha value is -4.24. The summed E-state index contributed by atoms with van der Waals surface area (Å²) in [5.41, 5.74) is -5.07. The van der Waals surface area contributed by atoms with E-state index in [1.165, 1.54) is 0 Å². The molecule has 0 fully saturated rings. The van der Waals surface area contributed by atoms with E-state index < -0.39 is 75.1 Å². The lowest BCUT2D eigenvalue weighted by Crippen LogP contribution is -2.30. The minimum Gasteiger partial charge on any atom is -0.464 e. The van der Waals surface area contributed by atoms with Crippen molar-refractivity contribution in [2.75, 3.05) is 12.4 Å². The number of benzene rings is 2. The van der Waals surface area contributed by atoms with Crippen molar-refractivity contribution >= 4 is 41.1 Å². The maximum Gasteiger partial charge on any atom is 0.573 e. The molecular formula is C23H11B3F8N2O5. The predicted molar refractivity (Wildman–Crippen MR) is 127 cm³/mol. The van der Waals surface area contributed by atoms with Gasteiger partial charge in [0, 0.05) is 17.4 Å². The fraction of sp³-hybridized carbons (Fsp3) is 0.174. The Morgan fingerprint density at radius 1 is 0.878 bits per heavy atom. The molecule has 1 heterocycles. The lowest BCUT2D eigenvalue weighted by atomic mass is 9.40. The molecule has 41 heavy (non-hydrogen) atoms. The maximum atomic E-state index is 15.2. The number of esters is 1. The number of nitrogens with zero attached hydrogens (tertiary/aromatic N) is 1. The second-order valence-corrected chi connectivity index (χ2v) is 8.01. The normalized spacial score (nSPS) is 12.0. The van der Waals surface area contributed by atoms with Crippen LogP contribution in [0.2, 0.25) is 0 Å². The molecular weight excluding hydrogens is 569 g/mol. The van der Waals surface area contributed by atoms with Crippen LogP contribution in [-0.4, -0.2) is 53.9 Å². The van der Waals surface area contributed by atoms with Crippen molar-refractivity contribution in [3.63, 3.8) is 0 Å². The maximum absolute atomic E-state index is 15.2. The minimum absolute atomic E-state index is 0.182. The Morgan fingerprint density at radius 2 is 1.49 bits per heavy atom. The smallest absolute Gasteiger partial charge is 0.464 e. The fourth-order valence-corrected chi connectivity index (χ4v) is 3.34. The Labute approximate surface area is 229 Å². The van der Waals surface area contributed by atoms with E-state index in [2.05, 4.69) is 14.5 Å². The van der Waals surface area contributed by atoms with Gasteiger partial charge in [-0.15, -0.1) is 13.2 Å². The van der Waals surface area contributed by atoms with Crippen LogP contribution in [0.3, 0.4) is 0 Å². The predicted octanol–water partition coefficient (Wildman–Crippen LogP) is 4.72. The molecule has 0 aliphatic rings. The standard InChI is InChI=1S/C23H11B3F8N2O5/c1-39-20(38)11-8-9(6-7-35-11)36-19(37)15-12(3-2-10(17(15)27)22(29,30)31)40-13-4-5-14(41-23(32,33)34)18(28)16(13)21(24,25)26/h2-8H,1H3,(H,35,36,37). The quantitative estimate of drug-likeness (QED) is 0.248. The van der Waals surface area contributed by atoms with Crippen LogP contribution in [-0.2, 0) is 16.0 Å². The Kier molecular flexibility index (Phi) is 8.65. The number of halogens is 8. The van der Waals surface area contributed by atoms with Crippen LogP contribution in [0.25, 0.3) is 0 Å². The summed E-state index contributed by atoms with van der Waals surface area (Å²) in [6.45, 7) is 0. The molecule has 0 saturated carbocycles. The topological polar surface area (TPSA) is 86.8 Å². The first kappa shape index (κ1) is 31.3. The Bertz CT molecular complexity index is 1490. The largest absolute Gasteiger partial charge is 0.573 e. The molecule has 0 atom stereocenters. The first-order valence-electron chi connectivity index (χ1n) is 10.7. The molecule has 1 N–H and O–H groups in total. The average molecular weight is 580 g/mol. The van der Waals surface area contributed by atoms with Crippen LogP contribution in [0.15, 0.2) is 42.6 Å². The van der Waals surface area contributed by atoms with E-state index in [9.17, 15) is 40.3 Å². The SMILES string of the molecule is [B]C([B])([B])c1c(Oc2ccc(C(F)(F)F)c(F)c2C(=O)Nc2ccnc(C(=O)OC)c2)ccc(OC(F)(F)F)c1F. The second-order valence-electron chi connectivity index (χ2n) is 8.01. The van der Waals surface area contributed by atoms with Crippen LogP contribution in [0, 0.1) is 11.6 Å². The van der Waals surface area contributed by atoms with E-state index >= 15 is 4.39 Å². The zero-order valence-corrected chi connectivity index (χ0v) is 20.3. The van der Waals surface area contributed by atoms with Crippen molar-refractivity contribution in [2.45, 2.75) is 17.7 Å². The summed E-state index contributed by atoms with van der Waals surface area (Å²) in [6.07, 6.45) is -9.66. The van der Waals surface area contributed by atoms with Crippen molar-refractivity contribution in [3.05, 3.63) is 76.6 Å². The van der Waals surface area contributed by atoms with Crippen LogP contribution < -0.4 is 14.8 Å². The molecule has 0 saturated heterocycles. The monoisotopic (exact) mass is 580 g/mol. The molecule has 1 amide bonds. The molecule has 0 aliphatic heterocycles. The van der Waals surface area contributed by atoms with Crippen LogP contribution in [0.4, 0.5) is 40.8 Å². The van der Waals surface area contributed by atoms with Gasteiger partial charge in [-0.3, -0.25) is 4.79 Å². The number of aromatic nitrogens is 1. The molecule has 0 spiro atoms. The third-order valence-corrected chi connectivity index (χ3v) is 5.00. The molecule has 6 radical (unpaired) electrons. The average Bonchev–Trinajstić information content (AvgIpc) is 2.83. The number of hydrogen-bond acceptors (Lipinski definition) is 6. The minimum atomic E-state index is -5.37. The summed E-state index contributed by atoms with van der Waals surface area (Å²) in [7, 11) is 17.4. The number of methoxy groups -OCH3 is 1. The highest BCUT2D eigenvalue weighted by Gasteiger charge is 2.38. The molecule has 0 bridgehead atoms. The molecule has 3 rings (SSSR count). The molecule has 2 aromatic carbocycles. The van der Waals surface area contributed by atoms with Crippen LogP contribution in [0.1, 0.15) is 32.0 Å². The molecule has 7 nitrogen and oxygen atoms in total. The van der Waals surface area contributed by atoms with Gasteiger partial charge in [-0.2, -0.15) is 13.2 Å². The number of carbonyl (C=O) groups is 2. The van der Waals surface area contributed by atoms with Crippen molar-refractivity contribution in [1.29, 1.82) is 0 Å². The number of rotatable bonds is 7. The van der Waals surface area contributed by atoms with Gasteiger partial charge in [0.2, 0.25) is 0 Å². The van der Waals surface area contributed by atoms with E-state index in [0.717, 1.165) is 25.4 Å². The summed E-state index contributed by atoms with van der Waals surface area (Å²) >= 11 is 0. The van der Waals surface area contributed by atoms with Gasteiger partial charge in [0.15, 0.2) is 17.4 Å². The first-order chi connectivity index (χ1) is 18.8. The second kappa shape index (κ2) is 11.3.